The van der Waals surface area contributed by atoms with Crippen LogP contribution in [0.15, 0.2) is 12.1 Å². The van der Waals surface area contributed by atoms with Gasteiger partial charge in [0.25, 0.3) is 0 Å². The molecule has 0 aliphatic carbocycles. The Bertz CT molecular complexity index is 453. The Kier molecular flexibility index (Phi) is 4.66. The van der Waals surface area contributed by atoms with Gasteiger partial charge in [-0.05, 0) is 30.9 Å². The maximum absolute atomic E-state index is 13.7. The first-order valence-corrected chi connectivity index (χ1v) is 6.48. The second-order valence-electron chi connectivity index (χ2n) is 4.50. The van der Waals surface area contributed by atoms with Gasteiger partial charge in [-0.2, -0.15) is 0 Å². The summed E-state index contributed by atoms with van der Waals surface area (Å²) in [6.07, 6.45) is 1.68. The minimum absolute atomic E-state index is 0.0474. The van der Waals surface area contributed by atoms with Crippen molar-refractivity contribution in [1.82, 2.24) is 0 Å². The number of rotatable bonds is 4. The van der Waals surface area contributed by atoms with Crippen molar-refractivity contribution in [2.75, 3.05) is 19.8 Å². The third-order valence-electron chi connectivity index (χ3n) is 3.09. The van der Waals surface area contributed by atoms with Crippen LogP contribution >= 0.6 is 12.2 Å². The van der Waals surface area contributed by atoms with Gasteiger partial charge in [0.1, 0.15) is 4.99 Å². The molecule has 1 aliphatic heterocycles. The number of benzene rings is 1. The maximum atomic E-state index is 13.7. The summed E-state index contributed by atoms with van der Waals surface area (Å²) in [4.78, 5) is -0.0474. The summed E-state index contributed by atoms with van der Waals surface area (Å²) in [7, 11) is 0. The van der Waals surface area contributed by atoms with E-state index in [2.05, 4.69) is 12.2 Å². The molecule has 0 unspecified atom stereocenters. The van der Waals surface area contributed by atoms with Gasteiger partial charge < -0.3 is 15.2 Å². The van der Waals surface area contributed by atoms with Crippen LogP contribution < -0.4 is 10.5 Å². The van der Waals surface area contributed by atoms with Crippen LogP contribution in [0.5, 0.6) is 5.75 Å². The van der Waals surface area contributed by atoms with Crippen LogP contribution in [0.3, 0.4) is 0 Å². The first kappa shape index (κ1) is 14.1. The highest BCUT2D eigenvalue weighted by Gasteiger charge is 2.18. The van der Waals surface area contributed by atoms with E-state index in [1.54, 1.807) is 0 Å². The second-order valence-corrected chi connectivity index (χ2v) is 4.94. The second kappa shape index (κ2) is 6.25. The van der Waals surface area contributed by atoms with Gasteiger partial charge in [-0.3, -0.25) is 0 Å². The van der Waals surface area contributed by atoms with Gasteiger partial charge in [-0.1, -0.05) is 12.2 Å². The first-order chi connectivity index (χ1) is 9.08. The lowest BCUT2D eigenvalue weighted by Crippen LogP contribution is -2.22. The fourth-order valence-corrected chi connectivity index (χ4v) is 2.07. The van der Waals surface area contributed by atoms with E-state index in [9.17, 15) is 8.78 Å². The monoisotopic (exact) mass is 287 g/mol. The SMILES string of the molecule is NC(=S)c1cc(F)c(OCC2CCOCC2)c(F)c1. The van der Waals surface area contributed by atoms with Gasteiger partial charge in [-0.15, -0.1) is 0 Å². The summed E-state index contributed by atoms with van der Waals surface area (Å²) in [5, 5.41) is 0. The molecule has 1 aliphatic rings. The first-order valence-electron chi connectivity index (χ1n) is 6.07. The lowest BCUT2D eigenvalue weighted by Gasteiger charge is -2.22. The van der Waals surface area contributed by atoms with Crippen LogP contribution in [0.25, 0.3) is 0 Å². The summed E-state index contributed by atoms with van der Waals surface area (Å²) in [5.74, 6) is -1.67. The zero-order valence-corrected chi connectivity index (χ0v) is 11.1. The molecule has 1 aromatic carbocycles. The van der Waals surface area contributed by atoms with E-state index < -0.39 is 11.6 Å². The van der Waals surface area contributed by atoms with Crippen molar-refractivity contribution in [1.29, 1.82) is 0 Å². The number of nitrogens with two attached hydrogens (primary N) is 1. The van der Waals surface area contributed by atoms with Crippen molar-refractivity contribution < 1.29 is 18.3 Å². The Balaban J connectivity index is 2.05. The molecule has 2 rings (SSSR count). The fraction of sp³-hybridized carbons (Fsp3) is 0.462. The van der Waals surface area contributed by atoms with Gasteiger partial charge in [0.15, 0.2) is 17.4 Å². The summed E-state index contributed by atoms with van der Waals surface area (Å²) >= 11 is 4.68. The molecule has 0 atom stereocenters. The molecule has 0 spiro atoms. The normalized spacial score (nSPS) is 16.3. The summed E-state index contributed by atoms with van der Waals surface area (Å²) in [6.45, 7) is 1.61. The van der Waals surface area contributed by atoms with Crippen molar-refractivity contribution in [3.05, 3.63) is 29.3 Å². The van der Waals surface area contributed by atoms with E-state index in [0.29, 0.717) is 13.2 Å². The van der Waals surface area contributed by atoms with E-state index in [1.807, 2.05) is 0 Å². The third-order valence-corrected chi connectivity index (χ3v) is 3.32. The molecule has 2 N–H and O–H groups in total. The molecule has 3 nitrogen and oxygen atoms in total. The van der Waals surface area contributed by atoms with E-state index in [-0.39, 0.29) is 28.8 Å². The van der Waals surface area contributed by atoms with Gasteiger partial charge in [0, 0.05) is 18.8 Å². The van der Waals surface area contributed by atoms with Gasteiger partial charge in [0.05, 0.1) is 6.61 Å². The zero-order valence-electron chi connectivity index (χ0n) is 10.3. The lowest BCUT2D eigenvalue weighted by atomic mass is 10.0. The minimum atomic E-state index is -0.783. The topological polar surface area (TPSA) is 44.5 Å². The molecule has 1 saturated heterocycles. The molecule has 104 valence electrons. The van der Waals surface area contributed by atoms with E-state index in [0.717, 1.165) is 25.0 Å². The average Bonchev–Trinajstić information content (AvgIpc) is 2.38. The van der Waals surface area contributed by atoms with Crippen LogP contribution in [0.2, 0.25) is 0 Å². The van der Waals surface area contributed by atoms with Crippen molar-refractivity contribution in [3.8, 4) is 5.75 Å². The molecule has 0 amide bonds. The van der Waals surface area contributed by atoms with Crippen molar-refractivity contribution in [2.45, 2.75) is 12.8 Å². The highest BCUT2D eigenvalue weighted by molar-refractivity contribution is 7.80. The Hall–Kier alpha value is -1.27. The predicted octanol–water partition coefficient (Wildman–Crippen LogP) is 2.40. The van der Waals surface area contributed by atoms with E-state index >= 15 is 0 Å². The van der Waals surface area contributed by atoms with Crippen molar-refractivity contribution >= 4 is 17.2 Å². The highest BCUT2D eigenvalue weighted by Crippen LogP contribution is 2.25. The smallest absolute Gasteiger partial charge is 0.190 e. The van der Waals surface area contributed by atoms with E-state index in [1.165, 1.54) is 0 Å². The average molecular weight is 287 g/mol. The van der Waals surface area contributed by atoms with E-state index in [4.69, 9.17) is 15.2 Å². The quantitative estimate of drug-likeness (QED) is 0.864. The van der Waals surface area contributed by atoms with Crippen LogP contribution in [-0.4, -0.2) is 24.8 Å². The molecule has 1 heterocycles. The Morgan fingerprint density at radius 1 is 1.32 bits per heavy atom. The molecule has 6 heteroatoms. The molecule has 1 fully saturated rings. The number of halogens is 2. The summed E-state index contributed by atoms with van der Waals surface area (Å²) in [5.41, 5.74) is 5.49. The summed E-state index contributed by atoms with van der Waals surface area (Å²) in [6, 6.07) is 2.18. The van der Waals surface area contributed by atoms with Crippen molar-refractivity contribution in [2.24, 2.45) is 11.7 Å². The summed E-state index contributed by atoms with van der Waals surface area (Å²) < 4.78 is 37.9. The van der Waals surface area contributed by atoms with Crippen LogP contribution in [0.4, 0.5) is 8.78 Å². The zero-order chi connectivity index (χ0) is 13.8. The predicted molar refractivity (Wildman–Crippen MR) is 71.3 cm³/mol. The van der Waals surface area contributed by atoms with Gasteiger partial charge in [0.2, 0.25) is 0 Å². The molecule has 0 saturated carbocycles. The molecule has 0 aromatic heterocycles. The molecule has 19 heavy (non-hydrogen) atoms. The molecule has 1 aromatic rings. The number of thiocarbonyl (C=S) groups is 1. The highest BCUT2D eigenvalue weighted by atomic mass is 32.1. The lowest BCUT2D eigenvalue weighted by molar-refractivity contribution is 0.0485. The number of ether oxygens (including phenoxy) is 2. The molecule has 0 bridgehead atoms. The largest absolute Gasteiger partial charge is 0.487 e. The standard InChI is InChI=1S/C13H15F2NO2S/c14-10-5-9(13(16)19)6-11(15)12(10)18-7-8-1-3-17-4-2-8/h5-6,8H,1-4,7H2,(H2,16,19). The molecular weight excluding hydrogens is 272 g/mol. The van der Waals surface area contributed by atoms with Crippen LogP contribution in [-0.2, 0) is 4.74 Å². The molecular formula is C13H15F2NO2S. The van der Waals surface area contributed by atoms with Crippen molar-refractivity contribution in [3.63, 3.8) is 0 Å². The number of hydrogen-bond acceptors (Lipinski definition) is 3. The number of hydrogen-bond donors (Lipinski definition) is 1. The Labute approximate surface area is 115 Å². The minimum Gasteiger partial charge on any atom is -0.487 e. The fourth-order valence-electron chi connectivity index (χ4n) is 1.95. The van der Waals surface area contributed by atoms with Crippen LogP contribution in [0, 0.1) is 17.6 Å². The van der Waals surface area contributed by atoms with Gasteiger partial charge in [-0.25, -0.2) is 8.78 Å². The Morgan fingerprint density at radius 3 is 2.42 bits per heavy atom. The molecule has 0 radical (unpaired) electrons. The third kappa shape index (κ3) is 3.61. The maximum Gasteiger partial charge on any atom is 0.190 e. The van der Waals surface area contributed by atoms with Gasteiger partial charge >= 0.3 is 0 Å². The Morgan fingerprint density at radius 2 is 1.89 bits per heavy atom. The van der Waals surface area contributed by atoms with Crippen LogP contribution in [0.1, 0.15) is 18.4 Å².